The molecule has 0 fully saturated rings. The van der Waals surface area contributed by atoms with Crippen LogP contribution in [0, 0.1) is 0 Å². The van der Waals surface area contributed by atoms with Crippen LogP contribution in [0.5, 0.6) is 0 Å². The van der Waals surface area contributed by atoms with Crippen LogP contribution < -0.4 is 0 Å². The maximum atomic E-state index is 11.7. The highest BCUT2D eigenvalue weighted by molar-refractivity contribution is 5.69. The van der Waals surface area contributed by atoms with Gasteiger partial charge in [0, 0.05) is 19.5 Å². The van der Waals surface area contributed by atoms with Gasteiger partial charge >= 0.3 is 5.97 Å². The third-order valence-corrected chi connectivity index (χ3v) is 5.50. The molecule has 5 heteroatoms. The maximum Gasteiger partial charge on any atom is 0.305 e. The molecule has 0 amide bonds. The van der Waals surface area contributed by atoms with Crippen molar-refractivity contribution in [2.75, 3.05) is 39.5 Å². The van der Waals surface area contributed by atoms with E-state index >= 15 is 0 Å². The molecule has 29 heavy (non-hydrogen) atoms. The second-order valence-electron chi connectivity index (χ2n) is 8.24. The number of aliphatic hydroxyl groups excluding tert-OH is 1. The lowest BCUT2D eigenvalue weighted by Gasteiger charge is -2.18. The van der Waals surface area contributed by atoms with E-state index in [-0.39, 0.29) is 12.6 Å². The number of unbranched alkanes of at least 4 members (excludes halogenated alkanes) is 14. The highest BCUT2D eigenvalue weighted by atomic mass is 16.5. The lowest BCUT2D eigenvalue weighted by atomic mass is 10.0. The Hall–Kier alpha value is -0.650. The van der Waals surface area contributed by atoms with E-state index in [1.54, 1.807) is 0 Å². The standard InChI is InChI=1S/C24H49NO4/c1-2-3-4-5-6-7-8-9-10-11-12-13-14-15-16-17-24(28)29-23-20-25(18-21-26)19-22-27/h26-27H,2-23H2,1H3/p+1. The summed E-state index contributed by atoms with van der Waals surface area (Å²) in [7, 11) is 0. The molecule has 0 aromatic heterocycles. The lowest BCUT2D eigenvalue weighted by molar-refractivity contribution is -0.144. The van der Waals surface area contributed by atoms with Crippen LogP contribution in [0.15, 0.2) is 0 Å². The summed E-state index contributed by atoms with van der Waals surface area (Å²) < 4.78 is 5.26. The summed E-state index contributed by atoms with van der Waals surface area (Å²) in [6, 6.07) is 0. The van der Waals surface area contributed by atoms with E-state index in [4.69, 9.17) is 14.9 Å². The van der Waals surface area contributed by atoms with Gasteiger partial charge in [-0.25, -0.2) is 0 Å². The van der Waals surface area contributed by atoms with Gasteiger partial charge in [-0.15, -0.1) is 0 Å². The van der Waals surface area contributed by atoms with E-state index in [9.17, 15) is 4.79 Å². The van der Waals surface area contributed by atoms with Gasteiger partial charge in [0.25, 0.3) is 0 Å². The number of esters is 1. The lowest BCUT2D eigenvalue weighted by Crippen LogP contribution is -2.33. The van der Waals surface area contributed by atoms with Gasteiger partial charge in [-0.3, -0.25) is 9.69 Å². The van der Waals surface area contributed by atoms with E-state index in [0.717, 1.165) is 12.8 Å². The highest BCUT2D eigenvalue weighted by Gasteiger charge is 2.07. The molecule has 0 rings (SSSR count). The second kappa shape index (κ2) is 23.6. The maximum absolute atomic E-state index is 11.7. The summed E-state index contributed by atoms with van der Waals surface area (Å²) in [6.45, 7) is 4.75. The largest absolute Gasteiger partial charge is 0.464 e. The average molecular weight is 417 g/mol. The Morgan fingerprint density at radius 1 is 0.759 bits per heavy atom. The molecule has 0 aliphatic rings. The van der Waals surface area contributed by atoms with Crippen LogP contribution in [0.25, 0.3) is 0 Å². The number of carbonyl (C=O) groups is 1. The van der Waals surface area contributed by atoms with Crippen molar-refractivity contribution >= 4 is 5.97 Å². The Kier molecular flexibility index (Phi) is 23.1. The number of ether oxygens (including phenoxy) is 1. The predicted molar refractivity (Wildman–Crippen MR) is 123 cm³/mol. The quantitative estimate of drug-likeness (QED) is 0.147. The zero-order chi connectivity index (χ0) is 21.4. The second-order valence-corrected chi connectivity index (χ2v) is 8.24. The molecular formula is C24H50NO4+. The summed E-state index contributed by atoms with van der Waals surface area (Å²) in [6.07, 6.45) is 20.4. The zero-order valence-corrected chi connectivity index (χ0v) is 19.3. The fraction of sp³-hybridized carbons (Fsp3) is 0.958. The van der Waals surface area contributed by atoms with Gasteiger partial charge in [0.1, 0.15) is 6.61 Å². The van der Waals surface area contributed by atoms with Crippen molar-refractivity contribution in [2.24, 2.45) is 0 Å². The van der Waals surface area contributed by atoms with Crippen molar-refractivity contribution in [3.05, 3.63) is 0 Å². The summed E-state index contributed by atoms with van der Waals surface area (Å²) in [5.41, 5.74) is 0. The summed E-state index contributed by atoms with van der Waals surface area (Å²) >= 11 is 0. The Bertz CT molecular complexity index is 333. The molecule has 0 radical (unpaired) electrons. The van der Waals surface area contributed by atoms with E-state index in [0.29, 0.717) is 39.3 Å². The fourth-order valence-electron chi connectivity index (χ4n) is 3.64. The third kappa shape index (κ3) is 21.9. The van der Waals surface area contributed by atoms with Gasteiger partial charge in [-0.1, -0.05) is 96.8 Å². The summed E-state index contributed by atoms with van der Waals surface area (Å²) in [5.74, 6) is -0.116. The molecule has 0 atom stereocenters. The number of aliphatic hydroxyl groups is 1. The number of nitrogens with zero attached hydrogens (tertiary/aromatic N) is 1. The van der Waals surface area contributed by atoms with Gasteiger partial charge in [0.15, 0.2) is 6.61 Å². The minimum Gasteiger partial charge on any atom is -0.464 e. The molecule has 0 heterocycles. The monoisotopic (exact) mass is 416 g/mol. The topological polar surface area (TPSA) is 72.7 Å². The van der Waals surface area contributed by atoms with Crippen LogP contribution in [0.2, 0.25) is 0 Å². The fourth-order valence-corrected chi connectivity index (χ4v) is 3.64. The van der Waals surface area contributed by atoms with Crippen molar-refractivity contribution in [3.8, 4) is 0 Å². The summed E-state index contributed by atoms with van der Waals surface area (Å²) in [5, 5.41) is 16.2. The molecule has 0 aromatic rings. The van der Waals surface area contributed by atoms with E-state index in [1.165, 1.54) is 83.5 Å². The van der Waals surface area contributed by atoms with Crippen LogP contribution in [0.1, 0.15) is 110 Å². The van der Waals surface area contributed by atoms with Crippen molar-refractivity contribution < 1.29 is 19.7 Å². The first-order valence-corrected chi connectivity index (χ1v) is 12.4. The molecule has 174 valence electrons. The molecule has 0 aliphatic heterocycles. The van der Waals surface area contributed by atoms with Crippen molar-refractivity contribution in [2.45, 2.75) is 110 Å². The number of rotatable bonds is 23. The summed E-state index contributed by atoms with van der Waals surface area (Å²) in [4.78, 5) is 13.7. The van der Waals surface area contributed by atoms with Crippen LogP contribution in [-0.2, 0) is 9.53 Å². The molecule has 0 aromatic carbocycles. The molecule has 5 nitrogen and oxygen atoms in total. The van der Waals surface area contributed by atoms with Gasteiger partial charge in [0.05, 0.1) is 13.2 Å². The molecule has 0 spiro atoms. The predicted octanol–water partition coefficient (Wildman–Crippen LogP) is 4.81. The first-order valence-electron chi connectivity index (χ1n) is 12.4. The first kappa shape index (κ1) is 28.4. The van der Waals surface area contributed by atoms with Crippen LogP contribution >= 0.6 is 0 Å². The molecule has 0 bridgehead atoms. The molecule has 0 aliphatic carbocycles. The molecular weight excluding hydrogens is 366 g/mol. The first-order chi connectivity index (χ1) is 14.2. The Morgan fingerprint density at radius 2 is 1.24 bits per heavy atom. The van der Waals surface area contributed by atoms with Gasteiger partial charge < -0.3 is 14.9 Å². The molecule has 0 unspecified atom stereocenters. The minimum absolute atomic E-state index is 0.0765. The molecule has 0 saturated carbocycles. The SMILES string of the molecule is CCCCCCCCCCCCCCCCCC(=O)OCCN(CCO)CC[OH2+]. The van der Waals surface area contributed by atoms with E-state index in [2.05, 4.69) is 6.92 Å². The van der Waals surface area contributed by atoms with Gasteiger partial charge in [0.2, 0.25) is 0 Å². The van der Waals surface area contributed by atoms with E-state index in [1.807, 2.05) is 4.90 Å². The van der Waals surface area contributed by atoms with Gasteiger partial charge in [-0.2, -0.15) is 0 Å². The zero-order valence-electron chi connectivity index (χ0n) is 19.3. The Morgan fingerprint density at radius 3 is 1.69 bits per heavy atom. The van der Waals surface area contributed by atoms with Crippen LogP contribution in [0.3, 0.4) is 0 Å². The Labute approximate surface area is 180 Å². The Balaban J connectivity index is 3.28. The van der Waals surface area contributed by atoms with Crippen molar-refractivity contribution in [1.29, 1.82) is 0 Å². The smallest absolute Gasteiger partial charge is 0.305 e. The number of hydrogen-bond donors (Lipinski definition) is 1. The minimum atomic E-state index is -0.116. The van der Waals surface area contributed by atoms with E-state index < -0.39 is 0 Å². The molecule has 3 N–H and O–H groups in total. The molecule has 0 saturated heterocycles. The normalized spacial score (nSPS) is 11.3. The van der Waals surface area contributed by atoms with Gasteiger partial charge in [-0.05, 0) is 6.42 Å². The van der Waals surface area contributed by atoms with Crippen LogP contribution in [-0.4, -0.2) is 60.5 Å². The highest BCUT2D eigenvalue weighted by Crippen LogP contribution is 2.13. The number of hydrogen-bond acceptors (Lipinski definition) is 4. The van der Waals surface area contributed by atoms with Crippen molar-refractivity contribution in [3.63, 3.8) is 0 Å². The van der Waals surface area contributed by atoms with Crippen LogP contribution in [0.4, 0.5) is 0 Å². The third-order valence-electron chi connectivity index (χ3n) is 5.50. The van der Waals surface area contributed by atoms with Crippen molar-refractivity contribution in [1.82, 2.24) is 4.90 Å². The average Bonchev–Trinajstić information content (AvgIpc) is 2.71. The number of carbonyl (C=O) groups excluding carboxylic acids is 1.